The average molecular weight is 1150 g/mol. The first-order chi connectivity index (χ1) is 42.7. The lowest BCUT2D eigenvalue weighted by molar-refractivity contribution is 1.17. The van der Waals surface area contributed by atoms with E-state index in [4.69, 9.17) is 0 Å². The standard InChI is InChI=1S/C80H49N3S3/c1-4-24-53(25-5-1)81(71-38-20-36-64-60-32-14-17-37-70(60)83(78(64)71)55-28-8-3-9-29-55)56-46-65(79-66(47-56)61-33-15-18-39-72(61)85-79)52-42-43-74-69(45-52)76-63(35-21-41-75(76)84-74)68-49-57(48-67-62-34-16-19-40-73(62)86-80(67)68)82(54-26-6-2-7-27-54)77-58-30-12-10-22-50(58)44-51-23-11-13-31-59(51)77/h1-49H. The fraction of sp³-hybridized carbons (Fsp3) is 0. The van der Waals surface area contributed by atoms with Crippen LogP contribution >= 0.6 is 34.0 Å². The molecule has 4 aromatic heterocycles. The predicted octanol–water partition coefficient (Wildman–Crippen LogP) is 24.5. The number of thiophene rings is 3. The first-order valence-electron chi connectivity index (χ1n) is 29.2. The van der Waals surface area contributed by atoms with Gasteiger partial charge in [-0.3, -0.25) is 0 Å². The minimum Gasteiger partial charge on any atom is -0.309 e. The molecule has 0 spiro atoms. The maximum atomic E-state index is 2.52. The molecule has 402 valence electrons. The molecule has 0 bridgehead atoms. The Labute approximate surface area is 508 Å². The number of para-hydroxylation sites is 5. The molecule has 0 radical (unpaired) electrons. The Kier molecular flexibility index (Phi) is 11.2. The largest absolute Gasteiger partial charge is 0.309 e. The number of aromatic nitrogens is 1. The van der Waals surface area contributed by atoms with Crippen molar-refractivity contribution in [2.75, 3.05) is 9.80 Å². The Balaban J connectivity index is 0.890. The van der Waals surface area contributed by atoms with Crippen molar-refractivity contribution in [1.29, 1.82) is 0 Å². The third-order valence-corrected chi connectivity index (χ3v) is 21.0. The Hall–Kier alpha value is -10.3. The second kappa shape index (κ2) is 19.6. The molecule has 6 heteroatoms. The van der Waals surface area contributed by atoms with E-state index in [0.29, 0.717) is 0 Å². The zero-order chi connectivity index (χ0) is 56.4. The molecule has 3 nitrogen and oxygen atoms in total. The van der Waals surface area contributed by atoms with Gasteiger partial charge in [0.1, 0.15) is 0 Å². The summed E-state index contributed by atoms with van der Waals surface area (Å²) in [4.78, 5) is 5.02. The molecule has 4 heterocycles. The van der Waals surface area contributed by atoms with Crippen LogP contribution in [0, 0.1) is 0 Å². The van der Waals surface area contributed by atoms with Gasteiger partial charge in [0.05, 0.1) is 22.4 Å². The SMILES string of the molecule is c1ccc(N(c2cc(-c3cccc4sc5ccc(-c6cc(N(c7ccccc7)c7cccc8c9ccccc9n(-c9ccccc9)c78)cc7c6sc6ccccc67)cc5c34)c3sc4ccccc4c3c2)c2c3ccccc3cc3ccccc23)cc1. The summed E-state index contributed by atoms with van der Waals surface area (Å²) in [6, 6.07) is 110. The molecule has 0 aliphatic heterocycles. The molecule has 18 aromatic rings. The van der Waals surface area contributed by atoms with Crippen LogP contribution in [0.4, 0.5) is 34.1 Å². The Morgan fingerprint density at radius 2 is 0.791 bits per heavy atom. The highest BCUT2D eigenvalue weighted by molar-refractivity contribution is 7.27. The quantitative estimate of drug-likeness (QED) is 0.133. The number of nitrogens with zero attached hydrogens (tertiary/aromatic N) is 3. The van der Waals surface area contributed by atoms with E-state index in [1.807, 2.05) is 34.0 Å². The van der Waals surface area contributed by atoms with Crippen LogP contribution in [0.3, 0.4) is 0 Å². The third kappa shape index (κ3) is 7.64. The van der Waals surface area contributed by atoms with Crippen molar-refractivity contribution in [2.24, 2.45) is 0 Å². The van der Waals surface area contributed by atoms with Crippen LogP contribution in [0.5, 0.6) is 0 Å². The number of hydrogen-bond donors (Lipinski definition) is 0. The molecule has 86 heavy (non-hydrogen) atoms. The lowest BCUT2D eigenvalue weighted by Crippen LogP contribution is -2.11. The average Bonchev–Trinajstić information content (AvgIpc) is 1.68. The van der Waals surface area contributed by atoms with Crippen LogP contribution in [0.2, 0.25) is 0 Å². The Morgan fingerprint density at radius 1 is 0.279 bits per heavy atom. The summed E-state index contributed by atoms with van der Waals surface area (Å²) in [6.07, 6.45) is 0. The molecule has 18 rings (SSSR count). The number of benzene rings is 14. The summed E-state index contributed by atoms with van der Waals surface area (Å²) in [5.41, 5.74) is 15.0. The van der Waals surface area contributed by atoms with Gasteiger partial charge in [-0.15, -0.1) is 34.0 Å². The van der Waals surface area contributed by atoms with E-state index in [0.717, 1.165) is 39.6 Å². The molecule has 0 saturated carbocycles. The highest BCUT2D eigenvalue weighted by Gasteiger charge is 2.27. The highest BCUT2D eigenvalue weighted by atomic mass is 32.1. The Bertz CT molecular complexity index is 5680. The zero-order valence-corrected chi connectivity index (χ0v) is 48.8. The molecular formula is C80H49N3S3. The number of rotatable bonds is 9. The van der Waals surface area contributed by atoms with Crippen molar-refractivity contribution in [2.45, 2.75) is 0 Å². The van der Waals surface area contributed by atoms with Gasteiger partial charge in [0, 0.05) is 122 Å². The lowest BCUT2D eigenvalue weighted by atomic mass is 9.94. The summed E-state index contributed by atoms with van der Waals surface area (Å²) in [7, 11) is 0. The van der Waals surface area contributed by atoms with E-state index in [1.54, 1.807) is 0 Å². The molecule has 0 N–H and O–H groups in total. The molecule has 0 aliphatic carbocycles. The number of fused-ring (bicyclic) bond motifs is 14. The summed E-state index contributed by atoms with van der Waals surface area (Å²) >= 11 is 5.68. The summed E-state index contributed by atoms with van der Waals surface area (Å²) < 4.78 is 10.1. The van der Waals surface area contributed by atoms with Crippen LogP contribution < -0.4 is 9.80 Å². The van der Waals surface area contributed by atoms with Crippen LogP contribution in [-0.4, -0.2) is 4.57 Å². The van der Waals surface area contributed by atoms with Crippen molar-refractivity contribution in [1.82, 2.24) is 4.57 Å². The van der Waals surface area contributed by atoms with Crippen molar-refractivity contribution >= 4 is 172 Å². The summed E-state index contributed by atoms with van der Waals surface area (Å²) in [5, 5.41) is 14.9. The molecule has 0 saturated heterocycles. The molecule has 0 amide bonds. The normalized spacial score (nSPS) is 12.0. The van der Waals surface area contributed by atoms with Gasteiger partial charge in [-0.25, -0.2) is 0 Å². The zero-order valence-electron chi connectivity index (χ0n) is 46.4. The van der Waals surface area contributed by atoms with Crippen LogP contribution in [0.1, 0.15) is 0 Å². The van der Waals surface area contributed by atoms with E-state index in [-0.39, 0.29) is 0 Å². The van der Waals surface area contributed by atoms with Gasteiger partial charge in [-0.2, -0.15) is 0 Å². The first kappa shape index (κ1) is 49.1. The van der Waals surface area contributed by atoms with Crippen molar-refractivity contribution < 1.29 is 0 Å². The number of hydrogen-bond acceptors (Lipinski definition) is 5. The molecule has 0 aliphatic rings. The molecule has 0 unspecified atom stereocenters. The highest BCUT2D eigenvalue weighted by Crippen LogP contribution is 2.53. The fourth-order valence-corrected chi connectivity index (χ4v) is 17.3. The first-order valence-corrected chi connectivity index (χ1v) is 31.7. The monoisotopic (exact) mass is 1150 g/mol. The smallest absolute Gasteiger partial charge is 0.0782 e. The number of anilines is 6. The van der Waals surface area contributed by atoms with Crippen LogP contribution in [-0.2, 0) is 0 Å². The summed E-state index contributed by atoms with van der Waals surface area (Å²) in [5.74, 6) is 0. The maximum Gasteiger partial charge on any atom is 0.0782 e. The molecule has 14 aromatic carbocycles. The van der Waals surface area contributed by atoms with Crippen LogP contribution in [0.25, 0.3) is 132 Å². The minimum atomic E-state index is 1.09. The fourth-order valence-electron chi connectivity index (χ4n) is 13.8. The van der Waals surface area contributed by atoms with E-state index in [9.17, 15) is 0 Å². The minimum absolute atomic E-state index is 1.09. The Morgan fingerprint density at radius 3 is 1.48 bits per heavy atom. The second-order valence-corrected chi connectivity index (χ2v) is 25.5. The maximum absolute atomic E-state index is 2.52. The van der Waals surface area contributed by atoms with Crippen molar-refractivity contribution in [3.05, 3.63) is 297 Å². The van der Waals surface area contributed by atoms with Gasteiger partial charge in [0.25, 0.3) is 0 Å². The molecule has 0 fully saturated rings. The van der Waals surface area contributed by atoms with Gasteiger partial charge < -0.3 is 14.4 Å². The van der Waals surface area contributed by atoms with E-state index in [1.165, 1.54) is 126 Å². The topological polar surface area (TPSA) is 11.4 Å². The van der Waals surface area contributed by atoms with Crippen molar-refractivity contribution in [3.63, 3.8) is 0 Å². The van der Waals surface area contributed by atoms with E-state index >= 15 is 0 Å². The van der Waals surface area contributed by atoms with Gasteiger partial charge >= 0.3 is 0 Å². The predicted molar refractivity (Wildman–Crippen MR) is 375 cm³/mol. The molecular weight excluding hydrogens is 1100 g/mol. The second-order valence-electron chi connectivity index (χ2n) is 22.3. The molecule has 0 atom stereocenters. The van der Waals surface area contributed by atoms with Crippen LogP contribution in [0.15, 0.2) is 297 Å². The van der Waals surface area contributed by atoms with Gasteiger partial charge in [-0.05, 0) is 131 Å². The van der Waals surface area contributed by atoms with E-state index < -0.39 is 0 Å². The summed E-state index contributed by atoms with van der Waals surface area (Å²) in [6.45, 7) is 0. The van der Waals surface area contributed by atoms with Gasteiger partial charge in [0.15, 0.2) is 0 Å². The van der Waals surface area contributed by atoms with Gasteiger partial charge in [-0.1, -0.05) is 188 Å². The van der Waals surface area contributed by atoms with Gasteiger partial charge in [0.2, 0.25) is 0 Å². The van der Waals surface area contributed by atoms with E-state index in [2.05, 4.69) is 312 Å². The lowest BCUT2D eigenvalue weighted by Gasteiger charge is -2.29. The third-order valence-electron chi connectivity index (χ3n) is 17.5. The van der Waals surface area contributed by atoms with Crippen molar-refractivity contribution in [3.8, 4) is 27.9 Å².